The number of benzene rings is 1. The number of rotatable bonds is 4. The molecule has 0 radical (unpaired) electrons. The molecule has 0 spiro atoms. The Bertz CT molecular complexity index is 837. The van der Waals surface area contributed by atoms with E-state index in [4.69, 9.17) is 4.74 Å². The number of pyridine rings is 1. The summed E-state index contributed by atoms with van der Waals surface area (Å²) in [5.41, 5.74) is -0.787. The molecule has 1 aromatic heterocycles. The summed E-state index contributed by atoms with van der Waals surface area (Å²) < 4.78 is 33.1. The van der Waals surface area contributed by atoms with Crippen LogP contribution < -0.4 is 4.72 Å². The monoisotopic (exact) mass is 334 g/mol. The van der Waals surface area contributed by atoms with Gasteiger partial charge >= 0.3 is 5.97 Å². The van der Waals surface area contributed by atoms with Crippen LogP contribution in [0.4, 0.5) is 0 Å². The Morgan fingerprint density at radius 1 is 1.22 bits per heavy atom. The van der Waals surface area contributed by atoms with E-state index in [-0.39, 0.29) is 4.90 Å². The number of methoxy groups -OCH3 is 1. The van der Waals surface area contributed by atoms with E-state index in [1.54, 1.807) is 30.5 Å². The van der Waals surface area contributed by atoms with Crippen LogP contribution in [0.15, 0.2) is 41.4 Å². The summed E-state index contributed by atoms with van der Waals surface area (Å²) in [7, 11) is -2.62. The normalized spacial score (nSPS) is 17.3. The first-order chi connectivity index (χ1) is 11.0. The number of para-hydroxylation sites is 1. The Morgan fingerprint density at radius 3 is 2.61 bits per heavy atom. The van der Waals surface area contributed by atoms with Gasteiger partial charge in [0.1, 0.15) is 10.4 Å². The number of hydrogen-bond donors (Lipinski definition) is 1. The highest BCUT2D eigenvalue weighted by molar-refractivity contribution is 7.89. The van der Waals surface area contributed by atoms with Gasteiger partial charge in [-0.3, -0.25) is 9.78 Å². The highest BCUT2D eigenvalue weighted by atomic mass is 32.2. The largest absolute Gasteiger partial charge is 0.468 e. The molecule has 1 saturated carbocycles. The third-order valence-corrected chi connectivity index (χ3v) is 5.82. The Morgan fingerprint density at radius 2 is 1.91 bits per heavy atom. The Hall–Kier alpha value is -1.99. The molecule has 1 aliphatic rings. The smallest absolute Gasteiger partial charge is 0.327 e. The summed E-state index contributed by atoms with van der Waals surface area (Å²) >= 11 is 0. The van der Waals surface area contributed by atoms with Crippen LogP contribution in [0.25, 0.3) is 10.9 Å². The quantitative estimate of drug-likeness (QED) is 0.864. The minimum atomic E-state index is -3.90. The summed E-state index contributed by atoms with van der Waals surface area (Å²) in [5, 5.41) is 0.730. The van der Waals surface area contributed by atoms with Crippen molar-refractivity contribution in [3.05, 3.63) is 36.5 Å². The maximum atomic E-state index is 12.9. The van der Waals surface area contributed by atoms with Crippen molar-refractivity contribution in [3.63, 3.8) is 0 Å². The van der Waals surface area contributed by atoms with Crippen molar-refractivity contribution in [2.75, 3.05) is 7.11 Å². The minimum absolute atomic E-state index is 0.0748. The first kappa shape index (κ1) is 15.9. The van der Waals surface area contributed by atoms with Crippen LogP contribution >= 0.6 is 0 Å². The van der Waals surface area contributed by atoms with E-state index in [0.29, 0.717) is 18.4 Å². The molecule has 1 fully saturated rings. The van der Waals surface area contributed by atoms with Gasteiger partial charge in [0.2, 0.25) is 10.0 Å². The second-order valence-corrected chi connectivity index (χ2v) is 7.37. The van der Waals surface area contributed by atoms with Crippen LogP contribution in [-0.2, 0) is 19.6 Å². The van der Waals surface area contributed by atoms with Gasteiger partial charge < -0.3 is 4.74 Å². The number of ether oxygens (including phenoxy) is 1. The molecule has 7 heteroatoms. The van der Waals surface area contributed by atoms with Crippen molar-refractivity contribution in [2.45, 2.75) is 36.1 Å². The summed E-state index contributed by atoms with van der Waals surface area (Å²) in [6.45, 7) is 0. The van der Waals surface area contributed by atoms with E-state index in [1.807, 2.05) is 0 Å². The number of fused-ring (bicyclic) bond motifs is 1. The molecule has 3 rings (SSSR count). The number of sulfonamides is 1. The third kappa shape index (κ3) is 2.82. The van der Waals surface area contributed by atoms with Crippen LogP contribution in [0.1, 0.15) is 25.7 Å². The fourth-order valence-electron chi connectivity index (χ4n) is 3.13. The van der Waals surface area contributed by atoms with Gasteiger partial charge in [-0.25, -0.2) is 8.42 Å². The highest BCUT2D eigenvalue weighted by Gasteiger charge is 2.45. The van der Waals surface area contributed by atoms with E-state index in [1.165, 1.54) is 13.2 Å². The molecule has 1 aliphatic carbocycles. The number of aromatic nitrogens is 1. The lowest BCUT2D eigenvalue weighted by molar-refractivity contribution is -0.147. The summed E-state index contributed by atoms with van der Waals surface area (Å²) in [6.07, 6.45) is 4.00. The van der Waals surface area contributed by atoms with Crippen molar-refractivity contribution in [3.8, 4) is 0 Å². The summed E-state index contributed by atoms with van der Waals surface area (Å²) in [4.78, 5) is 16.4. The molecule has 0 bridgehead atoms. The standard InChI is InChI=1S/C16H18N2O4S/c1-22-15(19)16(9-2-3-10-16)18-23(20,21)13-8-4-6-12-7-5-11-17-14(12)13/h4-8,11,18H,2-3,9-10H2,1H3. The Kier molecular flexibility index (Phi) is 4.08. The van der Waals surface area contributed by atoms with E-state index in [0.717, 1.165) is 18.2 Å². The zero-order valence-electron chi connectivity index (χ0n) is 12.8. The Balaban J connectivity index is 2.05. The minimum Gasteiger partial charge on any atom is -0.468 e. The summed E-state index contributed by atoms with van der Waals surface area (Å²) in [6, 6.07) is 8.51. The van der Waals surface area contributed by atoms with Crippen LogP contribution in [-0.4, -0.2) is 32.0 Å². The lowest BCUT2D eigenvalue weighted by atomic mass is 10.00. The van der Waals surface area contributed by atoms with Gasteiger partial charge in [-0.2, -0.15) is 4.72 Å². The molecule has 6 nitrogen and oxygen atoms in total. The lowest BCUT2D eigenvalue weighted by Crippen LogP contribution is -2.52. The molecule has 0 saturated heterocycles. The van der Waals surface area contributed by atoms with E-state index >= 15 is 0 Å². The van der Waals surface area contributed by atoms with E-state index in [9.17, 15) is 13.2 Å². The van der Waals surface area contributed by atoms with Gasteiger partial charge in [0.25, 0.3) is 0 Å². The van der Waals surface area contributed by atoms with Crippen LogP contribution in [0, 0.1) is 0 Å². The van der Waals surface area contributed by atoms with Gasteiger partial charge in [-0.1, -0.05) is 31.0 Å². The predicted octanol–water partition coefficient (Wildman–Crippen LogP) is 2.00. The Labute approximate surface area is 134 Å². The van der Waals surface area contributed by atoms with E-state index < -0.39 is 21.5 Å². The third-order valence-electron chi connectivity index (χ3n) is 4.25. The molecule has 122 valence electrons. The average molecular weight is 334 g/mol. The zero-order valence-corrected chi connectivity index (χ0v) is 13.6. The predicted molar refractivity (Wildman–Crippen MR) is 85.3 cm³/mol. The molecule has 0 atom stereocenters. The molecular weight excluding hydrogens is 316 g/mol. The molecule has 0 unspecified atom stereocenters. The number of carbonyl (C=O) groups is 1. The number of nitrogens with one attached hydrogen (secondary N) is 1. The molecule has 1 N–H and O–H groups in total. The fourth-order valence-corrected chi connectivity index (χ4v) is 4.72. The summed E-state index contributed by atoms with van der Waals surface area (Å²) in [5.74, 6) is -0.535. The van der Waals surface area contributed by atoms with Gasteiger partial charge in [0, 0.05) is 11.6 Å². The maximum Gasteiger partial charge on any atom is 0.327 e. The van der Waals surface area contributed by atoms with Crippen molar-refractivity contribution >= 4 is 26.9 Å². The van der Waals surface area contributed by atoms with Crippen LogP contribution in [0.5, 0.6) is 0 Å². The molecule has 0 amide bonds. The molecular formula is C16H18N2O4S. The van der Waals surface area contributed by atoms with Crippen molar-refractivity contribution in [1.82, 2.24) is 9.71 Å². The first-order valence-electron chi connectivity index (χ1n) is 7.45. The second-order valence-electron chi connectivity index (χ2n) is 5.72. The molecule has 1 aromatic carbocycles. The van der Waals surface area contributed by atoms with Gasteiger partial charge in [-0.05, 0) is 25.0 Å². The van der Waals surface area contributed by atoms with Gasteiger partial charge in [-0.15, -0.1) is 0 Å². The average Bonchev–Trinajstić information content (AvgIpc) is 3.02. The van der Waals surface area contributed by atoms with Crippen LogP contribution in [0.2, 0.25) is 0 Å². The van der Waals surface area contributed by atoms with E-state index in [2.05, 4.69) is 9.71 Å². The number of esters is 1. The van der Waals surface area contributed by atoms with Crippen molar-refractivity contribution in [1.29, 1.82) is 0 Å². The van der Waals surface area contributed by atoms with Crippen molar-refractivity contribution < 1.29 is 17.9 Å². The SMILES string of the molecule is COC(=O)C1(NS(=O)(=O)c2cccc3cccnc23)CCCC1. The first-order valence-corrected chi connectivity index (χ1v) is 8.93. The number of nitrogens with zero attached hydrogens (tertiary/aromatic N) is 1. The van der Waals surface area contributed by atoms with Gasteiger partial charge in [0.15, 0.2) is 0 Å². The lowest BCUT2D eigenvalue weighted by Gasteiger charge is -2.27. The van der Waals surface area contributed by atoms with Crippen molar-refractivity contribution in [2.24, 2.45) is 0 Å². The topological polar surface area (TPSA) is 85.4 Å². The molecule has 2 aromatic rings. The molecule has 0 aliphatic heterocycles. The highest BCUT2D eigenvalue weighted by Crippen LogP contribution is 2.33. The fraction of sp³-hybridized carbons (Fsp3) is 0.375. The maximum absolute atomic E-state index is 12.9. The second kappa shape index (κ2) is 5.90. The van der Waals surface area contributed by atoms with Gasteiger partial charge in [0.05, 0.1) is 12.6 Å². The number of hydrogen-bond acceptors (Lipinski definition) is 5. The zero-order chi connectivity index (χ0) is 16.5. The number of carbonyl (C=O) groups excluding carboxylic acids is 1. The molecule has 23 heavy (non-hydrogen) atoms. The van der Waals surface area contributed by atoms with Crippen LogP contribution in [0.3, 0.4) is 0 Å². The molecule has 1 heterocycles.